The lowest BCUT2D eigenvalue weighted by atomic mass is 8.97. The van der Waals surface area contributed by atoms with Gasteiger partial charge in [-0.2, -0.15) is 0 Å². The maximum atomic E-state index is 2.79. The molecular formula is C9H9I. The van der Waals surface area contributed by atoms with Crippen molar-refractivity contribution < 1.29 is 0 Å². The van der Waals surface area contributed by atoms with Gasteiger partial charge in [-0.3, -0.25) is 0 Å². The molecule has 0 radical (unpaired) electrons. The van der Waals surface area contributed by atoms with Crippen LogP contribution in [0.15, 0.2) is 0 Å². The van der Waals surface area contributed by atoms with Gasteiger partial charge in [-0.15, -0.1) is 0 Å². The van der Waals surface area contributed by atoms with Gasteiger partial charge in [0, 0.05) is 3.42 Å². The molecule has 6 saturated carbocycles. The van der Waals surface area contributed by atoms with E-state index in [-0.39, 0.29) is 0 Å². The van der Waals surface area contributed by atoms with Gasteiger partial charge in [-0.05, 0) is 40.9 Å². The van der Waals surface area contributed by atoms with E-state index in [1.54, 1.807) is 0 Å². The molecule has 0 nitrogen and oxygen atoms in total. The van der Waals surface area contributed by atoms with E-state index in [0.29, 0.717) is 0 Å². The van der Waals surface area contributed by atoms with Crippen LogP contribution in [0.25, 0.3) is 0 Å². The van der Waals surface area contributed by atoms with Crippen molar-refractivity contribution in [2.24, 2.45) is 40.9 Å². The summed E-state index contributed by atoms with van der Waals surface area (Å²) in [5, 5.41) is 0. The first-order chi connectivity index (χ1) is 4.73. The van der Waals surface area contributed by atoms with Crippen LogP contribution in [0.2, 0.25) is 0 Å². The zero-order valence-electron chi connectivity index (χ0n) is 5.84. The Labute approximate surface area is 73.9 Å². The van der Waals surface area contributed by atoms with Crippen LogP contribution < -0.4 is 0 Å². The van der Waals surface area contributed by atoms with E-state index in [0.717, 1.165) is 8.84 Å². The first-order valence-corrected chi connectivity index (χ1v) is 5.50. The van der Waals surface area contributed by atoms with E-state index in [1.807, 2.05) is 0 Å². The van der Waals surface area contributed by atoms with E-state index < -0.39 is 0 Å². The van der Waals surface area contributed by atoms with E-state index >= 15 is 0 Å². The predicted molar refractivity (Wildman–Crippen MR) is 45.8 cm³/mol. The van der Waals surface area contributed by atoms with Crippen molar-refractivity contribution in [1.29, 1.82) is 0 Å². The van der Waals surface area contributed by atoms with Gasteiger partial charge in [-0.25, -0.2) is 0 Å². The molecule has 0 aromatic carbocycles. The highest BCUT2D eigenvalue weighted by Gasteiger charge is 3.07. The molecule has 0 unspecified atom stereocenters. The minimum atomic E-state index is 0.912. The molecular weight excluding hydrogens is 235 g/mol. The molecule has 0 bridgehead atoms. The Morgan fingerprint density at radius 3 is 1.60 bits per heavy atom. The fraction of sp³-hybridized carbons (Fsp3) is 1.00. The van der Waals surface area contributed by atoms with Crippen LogP contribution in [-0.4, -0.2) is 3.42 Å². The van der Waals surface area contributed by atoms with Crippen LogP contribution in [0.3, 0.4) is 0 Å². The van der Waals surface area contributed by atoms with Gasteiger partial charge in [0.05, 0.1) is 0 Å². The van der Waals surface area contributed by atoms with Crippen LogP contribution in [-0.2, 0) is 0 Å². The molecule has 6 rings (SSSR count). The molecule has 6 fully saturated rings. The summed E-state index contributed by atoms with van der Waals surface area (Å²) in [5.74, 6) is 7.42. The van der Waals surface area contributed by atoms with Crippen molar-refractivity contribution in [2.45, 2.75) is 10.3 Å². The zero-order chi connectivity index (χ0) is 6.46. The molecule has 0 atom stereocenters. The Kier molecular flexibility index (Phi) is 0.368. The maximum Gasteiger partial charge on any atom is 0.0324 e. The molecule has 0 spiro atoms. The second kappa shape index (κ2) is 0.785. The third-order valence-electron chi connectivity index (χ3n) is 6.01. The normalized spacial score (nSPS) is 104. The Balaban J connectivity index is 1.87. The molecule has 6 aliphatic carbocycles. The number of hydrogen-bond donors (Lipinski definition) is 0. The van der Waals surface area contributed by atoms with E-state index in [4.69, 9.17) is 0 Å². The maximum absolute atomic E-state index is 2.79. The third-order valence-corrected chi connectivity index (χ3v) is 8.17. The van der Waals surface area contributed by atoms with Crippen LogP contribution in [0.5, 0.6) is 0 Å². The van der Waals surface area contributed by atoms with Gasteiger partial charge < -0.3 is 0 Å². The number of alkyl halides is 1. The van der Waals surface area contributed by atoms with Crippen molar-refractivity contribution in [1.82, 2.24) is 0 Å². The van der Waals surface area contributed by atoms with Crippen molar-refractivity contribution in [2.75, 3.05) is 0 Å². The van der Waals surface area contributed by atoms with Gasteiger partial charge in [0.2, 0.25) is 0 Å². The molecule has 0 saturated heterocycles. The molecule has 0 amide bonds. The Hall–Kier alpha value is 0.730. The van der Waals surface area contributed by atoms with Gasteiger partial charge in [0.15, 0.2) is 0 Å². The Bertz CT molecular complexity index is 210. The van der Waals surface area contributed by atoms with Gasteiger partial charge in [-0.1, -0.05) is 29.5 Å². The summed E-state index contributed by atoms with van der Waals surface area (Å²) in [6.45, 7) is 2.56. The largest absolute Gasteiger partial charge is 0.0779 e. The van der Waals surface area contributed by atoms with Crippen molar-refractivity contribution >= 4 is 22.6 Å². The SMILES string of the molecule is CC12C3C4C1C1C2C3C41I. The summed E-state index contributed by atoms with van der Waals surface area (Å²) >= 11 is 2.79. The molecule has 0 aromatic heterocycles. The summed E-state index contributed by atoms with van der Waals surface area (Å²) in [4.78, 5) is 0. The molecule has 0 heterocycles. The molecule has 1 heteroatoms. The van der Waals surface area contributed by atoms with Crippen molar-refractivity contribution in [3.8, 4) is 0 Å². The first-order valence-electron chi connectivity index (χ1n) is 4.42. The van der Waals surface area contributed by atoms with Gasteiger partial charge >= 0.3 is 0 Å². The standard InChI is InChI=1S/C9H9I/c1-8-2-5-3(8)7-4(8)6(2)9(5,7)10/h2-7H,1H3. The summed E-state index contributed by atoms with van der Waals surface area (Å²) in [6, 6.07) is 0. The Morgan fingerprint density at radius 1 is 0.900 bits per heavy atom. The lowest BCUT2D eigenvalue weighted by Gasteiger charge is -3.10. The van der Waals surface area contributed by atoms with E-state index in [9.17, 15) is 0 Å². The van der Waals surface area contributed by atoms with Gasteiger partial charge in [0.1, 0.15) is 0 Å². The van der Waals surface area contributed by atoms with Crippen LogP contribution >= 0.6 is 22.6 Å². The smallest absolute Gasteiger partial charge is 0.0324 e. The lowest BCUT2D eigenvalue weighted by molar-refractivity contribution is -0.585. The minimum Gasteiger partial charge on any atom is -0.0779 e. The summed E-state index contributed by atoms with van der Waals surface area (Å²) in [6.07, 6.45) is 0. The van der Waals surface area contributed by atoms with Crippen LogP contribution in [0.4, 0.5) is 0 Å². The summed E-state index contributed by atoms with van der Waals surface area (Å²) in [7, 11) is 0. The first kappa shape index (κ1) is 4.68. The highest BCUT2D eigenvalue weighted by Crippen LogP contribution is 3.08. The van der Waals surface area contributed by atoms with Gasteiger partial charge in [0.25, 0.3) is 0 Å². The Morgan fingerprint density at radius 2 is 1.30 bits per heavy atom. The van der Waals surface area contributed by atoms with Crippen molar-refractivity contribution in [3.63, 3.8) is 0 Å². The zero-order valence-corrected chi connectivity index (χ0v) is 8.00. The fourth-order valence-electron chi connectivity index (χ4n) is 5.93. The second-order valence-electron chi connectivity index (χ2n) is 5.35. The van der Waals surface area contributed by atoms with E-state index in [2.05, 4.69) is 29.5 Å². The predicted octanol–water partition coefficient (Wildman–Crippen LogP) is 1.93. The lowest BCUT2D eigenvalue weighted by Crippen LogP contribution is -3.10. The number of hydrogen-bond acceptors (Lipinski definition) is 0. The van der Waals surface area contributed by atoms with Crippen LogP contribution in [0.1, 0.15) is 6.92 Å². The van der Waals surface area contributed by atoms with Crippen LogP contribution in [0, 0.1) is 40.9 Å². The monoisotopic (exact) mass is 244 g/mol. The number of halogens is 1. The third kappa shape index (κ3) is 0.141. The topological polar surface area (TPSA) is 0 Å². The number of rotatable bonds is 0. The van der Waals surface area contributed by atoms with E-state index in [1.165, 1.54) is 35.5 Å². The quantitative estimate of drug-likeness (QED) is 0.451. The average molecular weight is 244 g/mol. The molecule has 0 N–H and O–H groups in total. The van der Waals surface area contributed by atoms with Crippen molar-refractivity contribution in [3.05, 3.63) is 0 Å². The molecule has 0 aromatic rings. The highest BCUT2D eigenvalue weighted by atomic mass is 127. The fourth-order valence-corrected chi connectivity index (χ4v) is 8.26. The average Bonchev–Trinajstić information content (AvgIpc) is 1.99. The molecule has 52 valence electrons. The summed E-state index contributed by atoms with van der Waals surface area (Å²) in [5.41, 5.74) is 0.937. The minimum absolute atomic E-state index is 0.912. The summed E-state index contributed by atoms with van der Waals surface area (Å²) < 4.78 is 0.912. The molecule has 10 heavy (non-hydrogen) atoms. The second-order valence-corrected chi connectivity index (χ2v) is 7.22. The molecule has 6 aliphatic rings. The molecule has 0 aliphatic heterocycles. The highest BCUT2D eigenvalue weighted by molar-refractivity contribution is 14.1.